The van der Waals surface area contributed by atoms with E-state index in [1.165, 1.54) is 6.07 Å². The number of rotatable bonds is 5. The minimum absolute atomic E-state index is 0.0785. The topological polar surface area (TPSA) is 78.7 Å². The van der Waals surface area contributed by atoms with E-state index in [1.807, 2.05) is 30.6 Å². The van der Waals surface area contributed by atoms with Crippen molar-refractivity contribution in [2.45, 2.75) is 45.9 Å². The Balaban J connectivity index is 1.34. The highest BCUT2D eigenvalue weighted by Crippen LogP contribution is 2.41. The average molecular weight is 515 g/mol. The molecule has 10 heteroatoms. The van der Waals surface area contributed by atoms with Gasteiger partial charge in [-0.2, -0.15) is 5.26 Å². The summed E-state index contributed by atoms with van der Waals surface area (Å²) in [6.45, 7) is 11.7. The molecule has 0 aliphatic carbocycles. The molecule has 0 bridgehead atoms. The van der Waals surface area contributed by atoms with Crippen LogP contribution >= 0.6 is 0 Å². The van der Waals surface area contributed by atoms with Gasteiger partial charge in [0.1, 0.15) is 23.5 Å². The molecule has 0 saturated carbocycles. The summed E-state index contributed by atoms with van der Waals surface area (Å²) in [4.78, 5) is 25.4. The first-order valence-electron chi connectivity index (χ1n) is 13.4. The fraction of sp³-hybridized carbons (Fsp3) is 0.667. The van der Waals surface area contributed by atoms with Crippen LogP contribution in [0.2, 0.25) is 0 Å². The van der Waals surface area contributed by atoms with E-state index in [1.54, 1.807) is 0 Å². The molecule has 3 atom stereocenters. The number of epoxide rings is 1. The van der Waals surface area contributed by atoms with Crippen LogP contribution in [-0.2, 0) is 4.74 Å². The van der Waals surface area contributed by atoms with Gasteiger partial charge in [-0.15, -0.1) is 0 Å². The Kier molecular flexibility index (Phi) is 7.12. The molecular weight excluding hydrogens is 478 g/mol. The van der Waals surface area contributed by atoms with Crippen molar-refractivity contribution >= 4 is 11.7 Å². The number of piperidine rings is 1. The molecule has 3 unspecified atom stereocenters. The number of piperazine rings is 1. The summed E-state index contributed by atoms with van der Waals surface area (Å²) in [6.07, 6.45) is 1.16. The maximum absolute atomic E-state index is 14.7. The molecule has 3 fully saturated rings. The predicted octanol–water partition coefficient (Wildman–Crippen LogP) is 1.75. The zero-order chi connectivity index (χ0) is 26.3. The number of carbonyl (C=O) groups is 1. The number of hydrogen-bond donors (Lipinski definition) is 0. The van der Waals surface area contributed by atoms with Crippen molar-refractivity contribution in [2.75, 3.05) is 58.9 Å². The standard InChI is InChI=1S/C27H36F2N6O2/c1-4-32(5-2)26(36)35-12-10-34(11-13-35)25-24(37-25)20-16-31-22-19(14-18(28)15-21(22)29)23(20)33-8-6-27(3,17-30)7-9-33/h14-15,20,24-25H,4-13,16H2,1-3H3. The van der Waals surface area contributed by atoms with Gasteiger partial charge in [0.15, 0.2) is 5.82 Å². The van der Waals surface area contributed by atoms with Crippen LogP contribution in [0.25, 0.3) is 5.70 Å². The molecule has 0 spiro atoms. The minimum atomic E-state index is -0.646. The van der Waals surface area contributed by atoms with Crippen LogP contribution in [0.15, 0.2) is 17.1 Å². The zero-order valence-electron chi connectivity index (χ0n) is 21.9. The summed E-state index contributed by atoms with van der Waals surface area (Å²) in [5.74, 6) is -1.39. The van der Waals surface area contributed by atoms with Crippen LogP contribution in [0.4, 0.5) is 13.6 Å². The van der Waals surface area contributed by atoms with Crippen LogP contribution in [0.1, 0.15) is 33.6 Å². The second kappa shape index (κ2) is 10.2. The Morgan fingerprint density at radius 3 is 2.46 bits per heavy atom. The van der Waals surface area contributed by atoms with Crippen LogP contribution in [0, 0.1) is 34.3 Å². The maximum Gasteiger partial charge on any atom is 0.320 e. The lowest BCUT2D eigenvalue weighted by Crippen LogP contribution is -2.54. The van der Waals surface area contributed by atoms with Gasteiger partial charge in [-0.3, -0.25) is 9.89 Å². The Hall–Kier alpha value is -2.77. The van der Waals surface area contributed by atoms with Crippen LogP contribution in [0.3, 0.4) is 0 Å². The second-order valence-corrected chi connectivity index (χ2v) is 10.7. The highest BCUT2D eigenvalue weighted by molar-refractivity contribution is 5.74. The van der Waals surface area contributed by atoms with E-state index >= 15 is 0 Å². The van der Waals surface area contributed by atoms with Crippen LogP contribution in [0.5, 0.6) is 0 Å². The normalized spacial score (nSPS) is 27.2. The van der Waals surface area contributed by atoms with E-state index in [4.69, 9.17) is 4.74 Å². The van der Waals surface area contributed by atoms with Gasteiger partial charge in [0, 0.05) is 75.3 Å². The lowest BCUT2D eigenvalue weighted by molar-refractivity contribution is 0.0890. The number of urea groups is 1. The van der Waals surface area contributed by atoms with Gasteiger partial charge in [0.2, 0.25) is 0 Å². The number of fused-ring (bicyclic) bond motifs is 1. The Bertz CT molecular complexity index is 1200. The molecule has 1 aromatic carbocycles. The summed E-state index contributed by atoms with van der Waals surface area (Å²) in [5, 5.41) is 10.3. The molecule has 5 rings (SSSR count). The van der Waals surface area contributed by atoms with E-state index in [0.29, 0.717) is 63.9 Å². The lowest BCUT2D eigenvalue weighted by Gasteiger charge is -2.40. The predicted molar refractivity (Wildman–Crippen MR) is 134 cm³/mol. The zero-order valence-corrected chi connectivity index (χ0v) is 21.9. The monoisotopic (exact) mass is 514 g/mol. The van der Waals surface area contributed by atoms with Gasteiger partial charge >= 0.3 is 6.03 Å². The largest absolute Gasteiger partial charge is 0.374 e. The Morgan fingerprint density at radius 2 is 1.84 bits per heavy atom. The van der Waals surface area contributed by atoms with Crippen molar-refractivity contribution < 1.29 is 18.3 Å². The highest BCUT2D eigenvalue weighted by atomic mass is 19.1. The highest BCUT2D eigenvalue weighted by Gasteiger charge is 2.52. The van der Waals surface area contributed by atoms with E-state index < -0.39 is 11.6 Å². The number of carbonyl (C=O) groups excluding carboxylic acids is 1. The number of halogens is 2. The number of amides is 2. The molecule has 4 aliphatic rings. The third-order valence-corrected chi connectivity index (χ3v) is 8.46. The number of hydrogen-bond acceptors (Lipinski definition) is 6. The fourth-order valence-corrected chi connectivity index (χ4v) is 5.98. The SMILES string of the molecule is CCN(CC)C(=O)N1CCN(C2OC2C2CN=c3c(F)cc(F)cc3=C2N2CCC(C)(C#N)CC2)CC1. The molecule has 4 aliphatic heterocycles. The van der Waals surface area contributed by atoms with Crippen molar-refractivity contribution in [1.82, 2.24) is 19.6 Å². The lowest BCUT2D eigenvalue weighted by atomic mass is 9.81. The van der Waals surface area contributed by atoms with E-state index in [-0.39, 0.29) is 35.1 Å². The van der Waals surface area contributed by atoms with Gasteiger partial charge in [0.25, 0.3) is 0 Å². The molecule has 1 aromatic rings. The summed E-state index contributed by atoms with van der Waals surface area (Å²) in [7, 11) is 0. The van der Waals surface area contributed by atoms with E-state index in [2.05, 4.69) is 20.9 Å². The van der Waals surface area contributed by atoms with E-state index in [9.17, 15) is 18.8 Å². The quantitative estimate of drug-likeness (QED) is 0.560. The molecule has 8 nitrogen and oxygen atoms in total. The molecule has 200 valence electrons. The van der Waals surface area contributed by atoms with Gasteiger partial charge in [0.05, 0.1) is 18.0 Å². The molecule has 2 amide bonds. The molecule has 4 heterocycles. The molecule has 0 aromatic heterocycles. The smallest absolute Gasteiger partial charge is 0.320 e. The molecule has 37 heavy (non-hydrogen) atoms. The summed E-state index contributed by atoms with van der Waals surface area (Å²) >= 11 is 0. The molecule has 0 N–H and O–H groups in total. The van der Waals surface area contributed by atoms with Gasteiger partial charge in [-0.25, -0.2) is 13.6 Å². The van der Waals surface area contributed by atoms with Gasteiger partial charge in [-0.1, -0.05) is 0 Å². The first-order valence-corrected chi connectivity index (χ1v) is 13.4. The number of benzene rings is 1. The summed E-state index contributed by atoms with van der Waals surface area (Å²) in [5.41, 5.74) is 0.494. The second-order valence-electron chi connectivity index (χ2n) is 10.7. The summed E-state index contributed by atoms with van der Waals surface area (Å²) in [6, 6.07) is 4.78. The van der Waals surface area contributed by atoms with E-state index in [0.717, 1.165) is 24.9 Å². The molecule has 0 radical (unpaired) electrons. The number of nitrogens with zero attached hydrogens (tertiary/aromatic N) is 6. The molecular formula is C27H36F2N6O2. The van der Waals surface area contributed by atoms with Gasteiger partial charge in [-0.05, 0) is 39.7 Å². The number of ether oxygens (including phenoxy) is 1. The average Bonchev–Trinajstić information content (AvgIpc) is 3.70. The van der Waals surface area contributed by atoms with Crippen molar-refractivity contribution in [1.29, 1.82) is 5.26 Å². The Labute approximate surface area is 216 Å². The van der Waals surface area contributed by atoms with Crippen LogP contribution in [-0.4, -0.2) is 96.9 Å². The maximum atomic E-state index is 14.7. The van der Waals surface area contributed by atoms with Crippen molar-refractivity contribution in [2.24, 2.45) is 16.3 Å². The third kappa shape index (κ3) is 4.91. The van der Waals surface area contributed by atoms with Crippen LogP contribution < -0.4 is 10.6 Å². The van der Waals surface area contributed by atoms with Crippen molar-refractivity contribution in [3.05, 3.63) is 34.3 Å². The van der Waals surface area contributed by atoms with Crippen molar-refractivity contribution in [3.8, 4) is 6.07 Å². The fourth-order valence-electron chi connectivity index (χ4n) is 5.98. The van der Waals surface area contributed by atoms with Gasteiger partial charge < -0.3 is 19.4 Å². The van der Waals surface area contributed by atoms with Crippen molar-refractivity contribution in [3.63, 3.8) is 0 Å². The third-order valence-electron chi connectivity index (χ3n) is 8.46. The minimum Gasteiger partial charge on any atom is -0.374 e. The number of likely N-dealkylation sites (tertiary alicyclic amines) is 1. The summed E-state index contributed by atoms with van der Waals surface area (Å²) < 4.78 is 35.3. The first kappa shape index (κ1) is 25.9. The molecule has 3 saturated heterocycles. The Morgan fingerprint density at radius 1 is 1.16 bits per heavy atom. The first-order chi connectivity index (χ1) is 17.8. The number of nitriles is 1.